The summed E-state index contributed by atoms with van der Waals surface area (Å²) in [6.45, 7) is 0. The second-order valence-corrected chi connectivity index (χ2v) is 4.44. The zero-order valence-corrected chi connectivity index (χ0v) is 9.05. The third-order valence-corrected chi connectivity index (χ3v) is 3.62. The smallest absolute Gasteiger partial charge is 0.144 e. The first-order chi connectivity index (χ1) is 8.40. The van der Waals surface area contributed by atoms with Gasteiger partial charge in [-0.15, -0.1) is 0 Å². The van der Waals surface area contributed by atoms with Crippen molar-refractivity contribution in [2.24, 2.45) is 0 Å². The highest BCUT2D eigenvalue weighted by atomic mass is 17.1. The number of benzene rings is 3. The van der Waals surface area contributed by atoms with Crippen LogP contribution >= 0.6 is 0 Å². The van der Waals surface area contributed by atoms with E-state index in [0.29, 0.717) is 0 Å². The van der Waals surface area contributed by atoms with E-state index in [0.717, 1.165) is 11.1 Å². The summed E-state index contributed by atoms with van der Waals surface area (Å²) in [7, 11) is 0. The zero-order chi connectivity index (χ0) is 11.4. The summed E-state index contributed by atoms with van der Waals surface area (Å²) in [6, 6.07) is 16.5. The molecule has 0 heterocycles. The van der Waals surface area contributed by atoms with E-state index in [1.807, 2.05) is 24.3 Å². The summed E-state index contributed by atoms with van der Waals surface area (Å²) in [5.74, 6) is 0. The van der Waals surface area contributed by atoms with Gasteiger partial charge in [0.15, 0.2) is 0 Å². The van der Waals surface area contributed by atoms with Crippen molar-refractivity contribution in [3.8, 4) is 0 Å². The van der Waals surface area contributed by atoms with Gasteiger partial charge in [-0.3, -0.25) is 5.26 Å². The van der Waals surface area contributed by atoms with E-state index >= 15 is 0 Å². The normalized spacial score (nSPS) is 14.2. The summed E-state index contributed by atoms with van der Waals surface area (Å²) < 4.78 is 0. The Labute approximate surface area is 98.0 Å². The molecule has 0 atom stereocenters. The quantitative estimate of drug-likeness (QED) is 0.384. The van der Waals surface area contributed by atoms with Crippen LogP contribution in [0.5, 0.6) is 0 Å². The Morgan fingerprint density at radius 3 is 1.76 bits per heavy atom. The third-order valence-electron chi connectivity index (χ3n) is 3.62. The minimum atomic E-state index is -0.347. The molecule has 0 radical (unpaired) electrons. The molecule has 0 saturated carbocycles. The molecule has 0 amide bonds. The molecule has 0 unspecified atom stereocenters. The fourth-order valence-electron chi connectivity index (χ4n) is 2.93. The molecule has 3 aromatic rings. The van der Waals surface area contributed by atoms with Crippen LogP contribution in [-0.4, -0.2) is 5.26 Å². The molecule has 1 aliphatic rings. The van der Waals surface area contributed by atoms with Crippen molar-refractivity contribution in [1.29, 1.82) is 0 Å². The Morgan fingerprint density at radius 2 is 1.29 bits per heavy atom. The van der Waals surface area contributed by atoms with Crippen molar-refractivity contribution >= 4 is 21.5 Å². The van der Waals surface area contributed by atoms with Crippen LogP contribution in [0.2, 0.25) is 0 Å². The molecular weight excluding hydrogens is 212 g/mol. The van der Waals surface area contributed by atoms with Gasteiger partial charge in [-0.05, 0) is 32.7 Å². The lowest BCUT2D eigenvalue weighted by Crippen LogP contribution is -1.98. The van der Waals surface area contributed by atoms with E-state index in [9.17, 15) is 0 Å². The van der Waals surface area contributed by atoms with E-state index in [2.05, 4.69) is 29.2 Å². The first-order valence-corrected chi connectivity index (χ1v) is 5.64. The maximum absolute atomic E-state index is 9.14. The maximum Gasteiger partial charge on any atom is 0.144 e. The fourth-order valence-corrected chi connectivity index (χ4v) is 2.93. The summed E-state index contributed by atoms with van der Waals surface area (Å²) in [4.78, 5) is 4.67. The second kappa shape index (κ2) is 3.06. The molecule has 0 spiro atoms. The highest BCUT2D eigenvalue weighted by molar-refractivity contribution is 6.13. The number of hydrogen-bond donors (Lipinski definition) is 1. The fraction of sp³-hybridized carbons (Fsp3) is 0.0667. The highest BCUT2D eigenvalue weighted by Gasteiger charge is 2.27. The lowest BCUT2D eigenvalue weighted by Gasteiger charge is -2.08. The van der Waals surface area contributed by atoms with Gasteiger partial charge in [-0.25, -0.2) is 4.89 Å². The molecule has 4 rings (SSSR count). The molecule has 2 heteroatoms. The van der Waals surface area contributed by atoms with E-state index in [4.69, 9.17) is 5.26 Å². The van der Waals surface area contributed by atoms with E-state index in [1.165, 1.54) is 21.5 Å². The van der Waals surface area contributed by atoms with Crippen LogP contribution in [0.15, 0.2) is 48.5 Å². The molecule has 1 aliphatic carbocycles. The van der Waals surface area contributed by atoms with Crippen molar-refractivity contribution < 1.29 is 10.1 Å². The SMILES string of the molecule is OOC1c2cccc3ccc4cccc1c4c23. The minimum Gasteiger partial charge on any atom is -0.251 e. The van der Waals surface area contributed by atoms with Crippen LogP contribution < -0.4 is 0 Å². The molecule has 2 nitrogen and oxygen atoms in total. The summed E-state index contributed by atoms with van der Waals surface area (Å²) in [5.41, 5.74) is 2.11. The highest BCUT2D eigenvalue weighted by Crippen LogP contribution is 2.44. The molecule has 17 heavy (non-hydrogen) atoms. The van der Waals surface area contributed by atoms with Gasteiger partial charge in [0.05, 0.1) is 0 Å². The lowest BCUT2D eigenvalue weighted by atomic mass is 10.0. The average molecular weight is 222 g/mol. The molecule has 1 N–H and O–H groups in total. The van der Waals surface area contributed by atoms with Gasteiger partial charge in [-0.2, -0.15) is 0 Å². The molecule has 0 fully saturated rings. The van der Waals surface area contributed by atoms with Crippen LogP contribution in [0.1, 0.15) is 17.2 Å². The topological polar surface area (TPSA) is 29.5 Å². The van der Waals surface area contributed by atoms with Gasteiger partial charge in [0.1, 0.15) is 6.10 Å². The molecular formula is C15H10O2. The largest absolute Gasteiger partial charge is 0.251 e. The summed E-state index contributed by atoms with van der Waals surface area (Å²) >= 11 is 0. The predicted molar refractivity (Wildman–Crippen MR) is 67.0 cm³/mol. The Kier molecular flexibility index (Phi) is 1.65. The molecule has 3 aromatic carbocycles. The number of hydrogen-bond acceptors (Lipinski definition) is 2. The maximum atomic E-state index is 9.14. The second-order valence-electron chi connectivity index (χ2n) is 4.44. The van der Waals surface area contributed by atoms with Gasteiger partial charge in [-0.1, -0.05) is 48.5 Å². The Hall–Kier alpha value is -1.90. The van der Waals surface area contributed by atoms with Crippen molar-refractivity contribution in [3.63, 3.8) is 0 Å². The average Bonchev–Trinajstić information content (AvgIpc) is 2.72. The van der Waals surface area contributed by atoms with Crippen molar-refractivity contribution in [2.75, 3.05) is 0 Å². The van der Waals surface area contributed by atoms with Gasteiger partial charge in [0.25, 0.3) is 0 Å². The predicted octanol–water partition coefficient (Wildman–Crippen LogP) is 3.89. The first kappa shape index (κ1) is 9.16. The van der Waals surface area contributed by atoms with Crippen molar-refractivity contribution in [2.45, 2.75) is 6.10 Å². The first-order valence-electron chi connectivity index (χ1n) is 5.64. The van der Waals surface area contributed by atoms with Crippen LogP contribution in [0.25, 0.3) is 21.5 Å². The summed E-state index contributed by atoms with van der Waals surface area (Å²) in [6.07, 6.45) is -0.347. The lowest BCUT2D eigenvalue weighted by molar-refractivity contribution is -0.269. The van der Waals surface area contributed by atoms with Crippen LogP contribution in [0.3, 0.4) is 0 Å². The van der Waals surface area contributed by atoms with Gasteiger partial charge in [0, 0.05) is 0 Å². The number of rotatable bonds is 1. The molecule has 0 saturated heterocycles. The van der Waals surface area contributed by atoms with Gasteiger partial charge >= 0.3 is 0 Å². The zero-order valence-electron chi connectivity index (χ0n) is 9.05. The third kappa shape index (κ3) is 1.01. The van der Waals surface area contributed by atoms with E-state index < -0.39 is 0 Å². The van der Waals surface area contributed by atoms with Gasteiger partial charge in [0.2, 0.25) is 0 Å². The van der Waals surface area contributed by atoms with E-state index in [1.54, 1.807) is 0 Å². The molecule has 0 aliphatic heterocycles. The Morgan fingerprint density at radius 1 is 0.765 bits per heavy atom. The van der Waals surface area contributed by atoms with Crippen LogP contribution in [-0.2, 0) is 4.89 Å². The van der Waals surface area contributed by atoms with Crippen LogP contribution in [0.4, 0.5) is 0 Å². The monoisotopic (exact) mass is 222 g/mol. The summed E-state index contributed by atoms with van der Waals surface area (Å²) in [5, 5.41) is 13.9. The molecule has 0 bridgehead atoms. The van der Waals surface area contributed by atoms with E-state index in [-0.39, 0.29) is 6.10 Å². The Bertz CT molecular complexity index is 684. The molecule has 0 aromatic heterocycles. The van der Waals surface area contributed by atoms with Gasteiger partial charge < -0.3 is 0 Å². The van der Waals surface area contributed by atoms with Crippen LogP contribution in [0, 0.1) is 0 Å². The minimum absolute atomic E-state index is 0.347. The molecule has 82 valence electrons. The van der Waals surface area contributed by atoms with Crippen molar-refractivity contribution in [1.82, 2.24) is 0 Å². The Balaban J connectivity index is 2.32. The van der Waals surface area contributed by atoms with Crippen molar-refractivity contribution in [3.05, 3.63) is 59.7 Å². The standard InChI is InChI=1S/C15H10O2/c16-17-15-11-5-1-3-9-7-8-10-4-2-6-12(15)14(10)13(9)11/h1-8,15-16H.